The molecule has 4 N–H and O–H groups in total. The van der Waals surface area contributed by atoms with Crippen LogP contribution in [0.25, 0.3) is 0 Å². The SMILES string of the molecule is CCCC(NC(=O)C1CC(c2ccccc2)CN1C(=O)C(NC(=O)OCC(Cl)(Cl)Cl)C1CCCCC1)C(=O)C(=O)NCC(=O)NC(C(=O)OC(C)(C)C)c1ccccc1. The Hall–Kier alpha value is -4.40. The van der Waals surface area contributed by atoms with Crippen molar-refractivity contribution in [3.05, 3.63) is 71.8 Å². The number of benzene rings is 2. The number of hydrogen-bond acceptors (Lipinski definition) is 9. The number of alkyl carbamates (subject to hydrolysis) is 1. The number of nitrogens with one attached hydrogen (secondary N) is 4. The zero-order chi connectivity index (χ0) is 43.3. The Morgan fingerprint density at radius 3 is 2.07 bits per heavy atom. The van der Waals surface area contributed by atoms with Gasteiger partial charge in [0.05, 0.1) is 12.6 Å². The standard InChI is InChI=1S/C42H54Cl3N5O9/c1-5-15-30(35(52)37(54)46-23-32(51)48-34(28-20-13-8-14-21-28)39(56)59-41(2,3)4)47-36(53)31-22-29(26-16-9-6-10-17-26)24-50(31)38(55)33(27-18-11-7-12-19-27)49-40(57)58-25-42(43,44)45/h6,8-10,13-14,16-17,20-21,27,29-31,33-34H,5,7,11-12,15,18-19,22-25H2,1-4H3,(H,46,54)(H,47,53)(H,48,51)(H,49,57). The number of amides is 5. The van der Waals surface area contributed by atoms with Gasteiger partial charge in [-0.15, -0.1) is 0 Å². The number of alkyl halides is 3. The van der Waals surface area contributed by atoms with E-state index in [2.05, 4.69) is 21.3 Å². The fourth-order valence-electron chi connectivity index (χ4n) is 7.37. The van der Waals surface area contributed by atoms with Crippen LogP contribution in [0.2, 0.25) is 0 Å². The molecule has 4 rings (SSSR count). The minimum Gasteiger partial charge on any atom is -0.458 e. The topological polar surface area (TPSA) is 189 Å². The summed E-state index contributed by atoms with van der Waals surface area (Å²) in [5.74, 6) is -5.24. The van der Waals surface area contributed by atoms with Crippen LogP contribution < -0.4 is 21.3 Å². The molecular formula is C42H54Cl3N5O9. The largest absolute Gasteiger partial charge is 0.458 e. The van der Waals surface area contributed by atoms with Crippen molar-refractivity contribution in [2.24, 2.45) is 5.92 Å². The van der Waals surface area contributed by atoms with Crippen LogP contribution >= 0.6 is 34.8 Å². The molecule has 1 heterocycles. The second-order valence-corrected chi connectivity index (χ2v) is 18.4. The molecule has 2 fully saturated rings. The first-order valence-electron chi connectivity index (χ1n) is 19.9. The fourth-order valence-corrected chi connectivity index (χ4v) is 7.53. The number of carbonyl (C=O) groups is 7. The molecular weight excluding hydrogens is 825 g/mol. The maximum Gasteiger partial charge on any atom is 0.407 e. The Labute approximate surface area is 360 Å². The number of likely N-dealkylation sites (tertiary alicyclic amines) is 1. The van der Waals surface area contributed by atoms with E-state index in [0.717, 1.165) is 24.8 Å². The van der Waals surface area contributed by atoms with Crippen molar-refractivity contribution in [2.75, 3.05) is 19.7 Å². The van der Waals surface area contributed by atoms with Crippen molar-refractivity contribution in [3.8, 4) is 0 Å². The Bertz CT molecular complexity index is 1780. The molecule has 5 amide bonds. The smallest absolute Gasteiger partial charge is 0.407 e. The number of nitrogens with zero attached hydrogens (tertiary/aromatic N) is 1. The number of ketones is 1. The maximum absolute atomic E-state index is 14.6. The minimum absolute atomic E-state index is 0.0863. The van der Waals surface area contributed by atoms with Gasteiger partial charge >= 0.3 is 12.1 Å². The first-order chi connectivity index (χ1) is 27.9. The molecule has 5 unspecified atom stereocenters. The van der Waals surface area contributed by atoms with Gasteiger partial charge in [-0.1, -0.05) is 128 Å². The van der Waals surface area contributed by atoms with Gasteiger partial charge in [0.25, 0.3) is 5.91 Å². The second kappa shape index (κ2) is 21.7. The fraction of sp³-hybridized carbons (Fsp3) is 0.548. The molecule has 5 atom stereocenters. The highest BCUT2D eigenvalue weighted by molar-refractivity contribution is 6.67. The summed E-state index contributed by atoms with van der Waals surface area (Å²) in [6, 6.07) is 13.2. The Morgan fingerprint density at radius 1 is 0.847 bits per heavy atom. The molecule has 0 bridgehead atoms. The lowest BCUT2D eigenvalue weighted by molar-refractivity contribution is -0.158. The summed E-state index contributed by atoms with van der Waals surface area (Å²) < 4.78 is 8.74. The number of carbonyl (C=O) groups excluding carboxylic acids is 7. The first-order valence-corrected chi connectivity index (χ1v) is 21.0. The van der Waals surface area contributed by atoms with Gasteiger partial charge in [0.15, 0.2) is 6.04 Å². The highest BCUT2D eigenvalue weighted by Crippen LogP contribution is 2.35. The third kappa shape index (κ3) is 14.7. The molecule has 59 heavy (non-hydrogen) atoms. The molecule has 322 valence electrons. The highest BCUT2D eigenvalue weighted by Gasteiger charge is 2.45. The molecule has 17 heteroatoms. The lowest BCUT2D eigenvalue weighted by Crippen LogP contribution is -2.58. The van der Waals surface area contributed by atoms with Crippen LogP contribution in [0.4, 0.5) is 4.79 Å². The summed E-state index contributed by atoms with van der Waals surface area (Å²) in [4.78, 5) is 96.0. The average Bonchev–Trinajstić information content (AvgIpc) is 3.65. The molecule has 1 saturated heterocycles. The first kappa shape index (κ1) is 47.3. The molecule has 0 spiro atoms. The number of Topliss-reactive ketones (excluding diaryl/α,β-unsaturated/α-hetero) is 1. The van der Waals surface area contributed by atoms with E-state index in [1.807, 2.05) is 30.3 Å². The third-order valence-corrected chi connectivity index (χ3v) is 10.4. The molecule has 1 saturated carbocycles. The van der Waals surface area contributed by atoms with Gasteiger partial charge in [-0.3, -0.25) is 24.0 Å². The molecule has 1 aliphatic heterocycles. The van der Waals surface area contributed by atoms with E-state index in [4.69, 9.17) is 44.3 Å². The Morgan fingerprint density at radius 2 is 1.47 bits per heavy atom. The van der Waals surface area contributed by atoms with Crippen LogP contribution in [0.3, 0.4) is 0 Å². The summed E-state index contributed by atoms with van der Waals surface area (Å²) in [6.45, 7) is 5.80. The van der Waals surface area contributed by atoms with Crippen molar-refractivity contribution in [1.29, 1.82) is 0 Å². The molecule has 2 aromatic carbocycles. The van der Waals surface area contributed by atoms with Crippen molar-refractivity contribution >= 4 is 76.3 Å². The van der Waals surface area contributed by atoms with E-state index in [0.29, 0.717) is 24.8 Å². The Balaban J connectivity index is 1.49. The minimum atomic E-state index is -1.87. The average molecular weight is 879 g/mol. The number of hydrogen-bond donors (Lipinski definition) is 4. The van der Waals surface area contributed by atoms with Gasteiger partial charge in [0.2, 0.25) is 27.3 Å². The van der Waals surface area contributed by atoms with Crippen molar-refractivity contribution in [1.82, 2.24) is 26.2 Å². The molecule has 2 aliphatic rings. The number of halogens is 3. The van der Waals surface area contributed by atoms with Crippen LogP contribution in [-0.2, 0) is 38.2 Å². The molecule has 0 aromatic heterocycles. The van der Waals surface area contributed by atoms with Gasteiger partial charge in [0.1, 0.15) is 24.3 Å². The van der Waals surface area contributed by atoms with Crippen LogP contribution in [0.1, 0.15) is 102 Å². The monoisotopic (exact) mass is 877 g/mol. The number of ether oxygens (including phenoxy) is 2. The quantitative estimate of drug-likeness (QED) is 0.0948. The van der Waals surface area contributed by atoms with E-state index < -0.39 is 88.2 Å². The normalized spacial score (nSPS) is 18.7. The van der Waals surface area contributed by atoms with Crippen LogP contribution in [-0.4, -0.2) is 93.6 Å². The van der Waals surface area contributed by atoms with E-state index in [1.165, 1.54) is 4.90 Å². The number of esters is 1. The zero-order valence-corrected chi connectivity index (χ0v) is 36.0. The lowest BCUT2D eigenvalue weighted by atomic mass is 9.83. The van der Waals surface area contributed by atoms with Crippen LogP contribution in [0.5, 0.6) is 0 Å². The summed E-state index contributed by atoms with van der Waals surface area (Å²) in [5.41, 5.74) is 0.512. The Kier molecular flexibility index (Phi) is 17.4. The van der Waals surface area contributed by atoms with Gasteiger partial charge in [0, 0.05) is 12.5 Å². The van der Waals surface area contributed by atoms with E-state index in [-0.39, 0.29) is 31.2 Å². The summed E-state index contributed by atoms with van der Waals surface area (Å²) in [7, 11) is 0. The van der Waals surface area contributed by atoms with E-state index >= 15 is 0 Å². The molecule has 2 aromatic rings. The van der Waals surface area contributed by atoms with Crippen molar-refractivity contribution in [3.63, 3.8) is 0 Å². The molecule has 1 aliphatic carbocycles. The van der Waals surface area contributed by atoms with Crippen LogP contribution in [0.15, 0.2) is 60.7 Å². The number of rotatable bonds is 16. The van der Waals surface area contributed by atoms with Crippen molar-refractivity contribution < 1.29 is 43.0 Å². The van der Waals surface area contributed by atoms with E-state index in [9.17, 15) is 33.6 Å². The zero-order valence-electron chi connectivity index (χ0n) is 33.8. The van der Waals surface area contributed by atoms with Gasteiger partial charge in [-0.05, 0) is 63.5 Å². The predicted molar refractivity (Wildman–Crippen MR) is 222 cm³/mol. The lowest BCUT2D eigenvalue weighted by Gasteiger charge is -2.34. The maximum atomic E-state index is 14.6. The van der Waals surface area contributed by atoms with Gasteiger partial charge in [-0.2, -0.15) is 0 Å². The predicted octanol–water partition coefficient (Wildman–Crippen LogP) is 5.59. The molecule has 14 nitrogen and oxygen atoms in total. The van der Waals surface area contributed by atoms with E-state index in [1.54, 1.807) is 58.0 Å². The molecule has 0 radical (unpaired) electrons. The summed E-state index contributed by atoms with van der Waals surface area (Å²) >= 11 is 17.4. The van der Waals surface area contributed by atoms with Gasteiger partial charge in [-0.25, -0.2) is 9.59 Å². The third-order valence-electron chi connectivity index (χ3n) is 10.1. The highest BCUT2D eigenvalue weighted by atomic mass is 35.6. The second-order valence-electron chi connectivity index (χ2n) is 15.9. The van der Waals surface area contributed by atoms with Crippen LogP contribution in [0, 0.1) is 5.92 Å². The van der Waals surface area contributed by atoms with Gasteiger partial charge < -0.3 is 35.6 Å². The summed E-state index contributed by atoms with van der Waals surface area (Å²) in [6.07, 6.45) is 3.72. The van der Waals surface area contributed by atoms with Crippen molar-refractivity contribution in [2.45, 2.75) is 119 Å². The summed E-state index contributed by atoms with van der Waals surface area (Å²) in [5, 5.41) is 10.3.